The van der Waals surface area contributed by atoms with Crippen LogP contribution in [0.1, 0.15) is 25.8 Å². The number of piperidine rings is 1. The molecule has 3 aromatic rings. The van der Waals surface area contributed by atoms with E-state index >= 15 is 0 Å². The molecule has 0 atom stereocenters. The van der Waals surface area contributed by atoms with Crippen LogP contribution in [0, 0.1) is 0 Å². The summed E-state index contributed by atoms with van der Waals surface area (Å²) in [7, 11) is 1.90. The second-order valence-electron chi connectivity index (χ2n) is 6.62. The lowest BCUT2D eigenvalue weighted by Gasteiger charge is -2.30. The maximum atomic E-state index is 6.34. The smallest absolute Gasteiger partial charge is 0.229 e. The average Bonchev–Trinajstić information content (AvgIpc) is 3.15. The summed E-state index contributed by atoms with van der Waals surface area (Å²) in [4.78, 5) is 11.3. The molecule has 1 saturated heterocycles. The van der Waals surface area contributed by atoms with Gasteiger partial charge in [0.25, 0.3) is 0 Å². The van der Waals surface area contributed by atoms with Gasteiger partial charge in [-0.05, 0) is 19.4 Å². The Balaban J connectivity index is 1.54. The molecule has 0 unspecified atom stereocenters. The summed E-state index contributed by atoms with van der Waals surface area (Å²) in [6.45, 7) is 5.48. The molecule has 26 heavy (non-hydrogen) atoms. The molecule has 4 rings (SSSR count). The second-order valence-corrected chi connectivity index (χ2v) is 7.39. The number of anilines is 2. The molecule has 0 spiro atoms. The van der Waals surface area contributed by atoms with Gasteiger partial charge in [-0.2, -0.15) is 10.1 Å². The average molecular weight is 394 g/mol. The molecule has 0 aliphatic carbocycles. The van der Waals surface area contributed by atoms with Crippen LogP contribution in [0.2, 0.25) is 10.2 Å². The number of nitrogens with zero attached hydrogens (tertiary/aromatic N) is 6. The molecule has 0 aromatic carbocycles. The van der Waals surface area contributed by atoms with E-state index < -0.39 is 0 Å². The third kappa shape index (κ3) is 3.26. The lowest BCUT2D eigenvalue weighted by molar-refractivity contribution is 0.187. The topological polar surface area (TPSA) is 63.8 Å². The standard InChI is InChI=1S/C17H21Cl2N7/c1-3-25-6-4-11(5-7-25)26-10-14(15(19)23-26)21-17-20-8-12-13(18)9-24(2)16(12)22-17/h8-11H,3-7H2,1-2H3,(H,20,21,22). The van der Waals surface area contributed by atoms with Gasteiger partial charge in [0.2, 0.25) is 5.95 Å². The number of halogens is 2. The highest BCUT2D eigenvalue weighted by Crippen LogP contribution is 2.29. The van der Waals surface area contributed by atoms with Gasteiger partial charge in [-0.25, -0.2) is 4.98 Å². The molecule has 0 bridgehead atoms. The van der Waals surface area contributed by atoms with Crippen molar-refractivity contribution < 1.29 is 0 Å². The minimum absolute atomic E-state index is 0.376. The first-order valence-electron chi connectivity index (χ1n) is 8.76. The zero-order valence-corrected chi connectivity index (χ0v) is 16.3. The van der Waals surface area contributed by atoms with Gasteiger partial charge < -0.3 is 14.8 Å². The van der Waals surface area contributed by atoms with E-state index in [9.17, 15) is 0 Å². The number of hydrogen-bond acceptors (Lipinski definition) is 5. The highest BCUT2D eigenvalue weighted by Gasteiger charge is 2.21. The lowest BCUT2D eigenvalue weighted by atomic mass is 10.1. The fraction of sp³-hybridized carbons (Fsp3) is 0.471. The van der Waals surface area contributed by atoms with Gasteiger partial charge in [-0.3, -0.25) is 4.68 Å². The third-order valence-corrected chi connectivity index (χ3v) is 5.56. The largest absolute Gasteiger partial charge is 0.334 e. The normalized spacial score (nSPS) is 16.5. The van der Waals surface area contributed by atoms with Crippen LogP contribution in [0.5, 0.6) is 0 Å². The molecule has 0 saturated carbocycles. The Morgan fingerprint density at radius 1 is 1.23 bits per heavy atom. The molecule has 1 N–H and O–H groups in total. The first-order chi connectivity index (χ1) is 12.5. The van der Waals surface area contributed by atoms with E-state index in [4.69, 9.17) is 23.2 Å². The lowest BCUT2D eigenvalue weighted by Crippen LogP contribution is -2.34. The van der Waals surface area contributed by atoms with Gasteiger partial charge in [-0.1, -0.05) is 30.1 Å². The Morgan fingerprint density at radius 3 is 2.73 bits per heavy atom. The van der Waals surface area contributed by atoms with Gasteiger partial charge in [0.1, 0.15) is 5.65 Å². The molecule has 4 heterocycles. The number of fused-ring (bicyclic) bond motifs is 1. The zero-order valence-electron chi connectivity index (χ0n) is 14.8. The van der Waals surface area contributed by atoms with E-state index in [1.807, 2.05) is 28.7 Å². The van der Waals surface area contributed by atoms with Crippen molar-refractivity contribution in [3.63, 3.8) is 0 Å². The number of rotatable bonds is 4. The van der Waals surface area contributed by atoms with Gasteiger partial charge in [-0.15, -0.1) is 0 Å². The van der Waals surface area contributed by atoms with Gasteiger partial charge >= 0.3 is 0 Å². The zero-order chi connectivity index (χ0) is 18.3. The fourth-order valence-corrected chi connectivity index (χ4v) is 3.90. The van der Waals surface area contributed by atoms with Crippen molar-refractivity contribution in [1.29, 1.82) is 0 Å². The van der Waals surface area contributed by atoms with Crippen LogP contribution in [0.15, 0.2) is 18.6 Å². The van der Waals surface area contributed by atoms with Gasteiger partial charge in [0, 0.05) is 32.5 Å². The summed E-state index contributed by atoms with van der Waals surface area (Å²) in [5.74, 6) is 0.470. The first-order valence-corrected chi connectivity index (χ1v) is 9.52. The van der Waals surface area contributed by atoms with Crippen LogP contribution in [0.25, 0.3) is 11.0 Å². The molecule has 3 aromatic heterocycles. The molecule has 138 valence electrons. The molecule has 1 aliphatic rings. The summed E-state index contributed by atoms with van der Waals surface area (Å²) in [6.07, 6.45) is 7.63. The van der Waals surface area contributed by atoms with E-state index in [0.717, 1.165) is 43.5 Å². The minimum atomic E-state index is 0.376. The molecule has 9 heteroatoms. The predicted octanol–water partition coefficient (Wildman–Crippen LogP) is 3.87. The van der Waals surface area contributed by atoms with E-state index in [1.54, 1.807) is 6.20 Å². The van der Waals surface area contributed by atoms with Crippen molar-refractivity contribution in [1.82, 2.24) is 29.2 Å². The number of likely N-dealkylation sites (tertiary alicyclic amines) is 1. The summed E-state index contributed by atoms with van der Waals surface area (Å²) in [6, 6.07) is 0.376. The predicted molar refractivity (Wildman–Crippen MR) is 104 cm³/mol. The highest BCUT2D eigenvalue weighted by molar-refractivity contribution is 6.35. The van der Waals surface area contributed by atoms with Crippen molar-refractivity contribution >= 4 is 45.9 Å². The maximum absolute atomic E-state index is 6.34. The van der Waals surface area contributed by atoms with Crippen LogP contribution >= 0.6 is 23.2 Å². The van der Waals surface area contributed by atoms with Crippen LogP contribution in [-0.2, 0) is 7.05 Å². The molecule has 1 fully saturated rings. The molecular formula is C17H21Cl2N7. The van der Waals surface area contributed by atoms with Gasteiger partial charge in [0.05, 0.1) is 28.3 Å². The number of aromatic nitrogens is 5. The quantitative estimate of drug-likeness (QED) is 0.728. The highest BCUT2D eigenvalue weighted by atomic mass is 35.5. The summed E-state index contributed by atoms with van der Waals surface area (Å²) >= 11 is 12.5. The second kappa shape index (κ2) is 7.06. The Morgan fingerprint density at radius 2 is 2.00 bits per heavy atom. The Labute approximate surface area is 161 Å². The minimum Gasteiger partial charge on any atom is -0.334 e. The van der Waals surface area contributed by atoms with Crippen molar-refractivity contribution in [2.24, 2.45) is 7.05 Å². The van der Waals surface area contributed by atoms with Gasteiger partial charge in [0.15, 0.2) is 5.15 Å². The van der Waals surface area contributed by atoms with E-state index in [1.165, 1.54) is 0 Å². The van der Waals surface area contributed by atoms with E-state index in [0.29, 0.717) is 27.9 Å². The molecule has 0 amide bonds. The van der Waals surface area contributed by atoms with Crippen LogP contribution in [-0.4, -0.2) is 48.8 Å². The number of nitrogens with one attached hydrogen (secondary N) is 1. The Kier molecular flexibility index (Phi) is 4.77. The fourth-order valence-electron chi connectivity index (χ4n) is 3.43. The number of aryl methyl sites for hydroxylation is 1. The Bertz CT molecular complexity index is 925. The summed E-state index contributed by atoms with van der Waals surface area (Å²) in [5, 5.41) is 9.55. The molecule has 1 aliphatic heterocycles. The van der Waals surface area contributed by atoms with Crippen LogP contribution in [0.4, 0.5) is 11.6 Å². The van der Waals surface area contributed by atoms with E-state index in [2.05, 4.69) is 32.2 Å². The van der Waals surface area contributed by atoms with Crippen LogP contribution < -0.4 is 5.32 Å². The van der Waals surface area contributed by atoms with E-state index in [-0.39, 0.29) is 0 Å². The van der Waals surface area contributed by atoms with Crippen LogP contribution in [0.3, 0.4) is 0 Å². The van der Waals surface area contributed by atoms with Crippen molar-refractivity contribution in [2.75, 3.05) is 25.0 Å². The van der Waals surface area contributed by atoms with Crippen molar-refractivity contribution in [3.05, 3.63) is 28.8 Å². The summed E-state index contributed by atoms with van der Waals surface area (Å²) < 4.78 is 3.84. The molecule has 0 radical (unpaired) electrons. The SMILES string of the molecule is CCN1CCC(n2cc(Nc3ncc4c(Cl)cn(C)c4n3)c(Cl)n2)CC1. The molecule has 7 nitrogen and oxygen atoms in total. The molecular weight excluding hydrogens is 373 g/mol. The third-order valence-electron chi connectivity index (χ3n) is 4.98. The summed E-state index contributed by atoms with van der Waals surface area (Å²) in [5.41, 5.74) is 1.48. The van der Waals surface area contributed by atoms with Crippen molar-refractivity contribution in [2.45, 2.75) is 25.8 Å². The monoisotopic (exact) mass is 393 g/mol. The van der Waals surface area contributed by atoms with Crippen molar-refractivity contribution in [3.8, 4) is 0 Å². The Hall–Kier alpha value is -1.83. The maximum Gasteiger partial charge on any atom is 0.229 e. The number of hydrogen-bond donors (Lipinski definition) is 1. The first kappa shape index (κ1) is 17.6.